The second-order valence-electron chi connectivity index (χ2n) is 8.28. The number of β-amino-alcohol motifs (C(OH)–C–C–N with tert-alkyl or cyclic N) is 1. The molecule has 4 rings (SSSR count). The van der Waals surface area contributed by atoms with Crippen molar-refractivity contribution in [2.45, 2.75) is 38.3 Å². The van der Waals surface area contributed by atoms with Gasteiger partial charge in [0.15, 0.2) is 11.6 Å². The lowest BCUT2D eigenvalue weighted by Gasteiger charge is -2.45. The molecule has 1 aromatic heterocycles. The van der Waals surface area contributed by atoms with Crippen LogP contribution in [0.3, 0.4) is 0 Å². The van der Waals surface area contributed by atoms with Crippen molar-refractivity contribution in [2.75, 3.05) is 29.4 Å². The fourth-order valence-electron chi connectivity index (χ4n) is 4.67. The molecule has 1 unspecified atom stereocenters. The highest BCUT2D eigenvalue weighted by atomic mass is 19.3. The van der Waals surface area contributed by atoms with E-state index in [0.29, 0.717) is 20.0 Å². The Morgan fingerprint density at radius 3 is 2.38 bits per heavy atom. The highest BCUT2D eigenvalue weighted by molar-refractivity contribution is 5.69. The Bertz CT molecular complexity index is 901. The lowest BCUT2D eigenvalue weighted by atomic mass is 9.97. The van der Waals surface area contributed by atoms with Gasteiger partial charge in [-0.1, -0.05) is 0 Å². The van der Waals surface area contributed by atoms with Gasteiger partial charge >= 0.3 is 5.97 Å². The molecule has 2 aliphatic heterocycles. The lowest BCUT2D eigenvalue weighted by molar-refractivity contribution is -0.137. The number of carboxylic acids is 1. The monoisotopic (exact) mass is 410 g/mol. The van der Waals surface area contributed by atoms with Crippen molar-refractivity contribution in [1.82, 2.24) is 4.98 Å². The second-order valence-corrected chi connectivity index (χ2v) is 8.28. The largest absolute Gasteiger partial charge is 0.481 e. The first-order valence-corrected chi connectivity index (χ1v) is 9.48. The van der Waals surface area contributed by atoms with Crippen LogP contribution in [0.2, 0.25) is 0 Å². The van der Waals surface area contributed by atoms with Gasteiger partial charge in [0.25, 0.3) is 5.92 Å². The number of anilines is 2. The van der Waals surface area contributed by atoms with Crippen LogP contribution in [0.5, 0.6) is 0 Å². The summed E-state index contributed by atoms with van der Waals surface area (Å²) in [5, 5.41) is 28.2. The van der Waals surface area contributed by atoms with Gasteiger partial charge in [-0.15, -0.1) is 0 Å². The van der Waals surface area contributed by atoms with Crippen LogP contribution in [0.1, 0.15) is 31.4 Å². The van der Waals surface area contributed by atoms with Crippen molar-refractivity contribution >= 4 is 17.6 Å². The number of nitriles is 1. The molecule has 3 heterocycles. The van der Waals surface area contributed by atoms with E-state index in [1.54, 1.807) is 17.9 Å². The Hall–Kier alpha value is -2.54. The number of aromatic nitrogens is 1. The minimum Gasteiger partial charge on any atom is -0.481 e. The molecule has 2 saturated heterocycles. The zero-order valence-electron chi connectivity index (χ0n) is 15.9. The number of nitrogens with zero attached hydrogens (tertiary/aromatic N) is 4. The minimum atomic E-state index is -3.59. The smallest absolute Gasteiger partial charge is 0.303 e. The van der Waals surface area contributed by atoms with Crippen LogP contribution in [-0.4, -0.2) is 52.9 Å². The van der Waals surface area contributed by atoms with Crippen LogP contribution in [-0.2, 0) is 10.7 Å². The summed E-state index contributed by atoms with van der Waals surface area (Å²) in [4.78, 5) is 18.2. The number of pyridine rings is 1. The van der Waals surface area contributed by atoms with Crippen LogP contribution in [0.15, 0.2) is 0 Å². The van der Waals surface area contributed by atoms with Crippen LogP contribution < -0.4 is 9.80 Å². The summed E-state index contributed by atoms with van der Waals surface area (Å²) in [6.07, 6.45) is -0.641. The predicted molar refractivity (Wildman–Crippen MR) is 96.2 cm³/mol. The van der Waals surface area contributed by atoms with Crippen molar-refractivity contribution in [3.63, 3.8) is 0 Å². The van der Waals surface area contributed by atoms with Crippen LogP contribution in [0.25, 0.3) is 0 Å². The van der Waals surface area contributed by atoms with Gasteiger partial charge in [0.1, 0.15) is 17.5 Å². The summed E-state index contributed by atoms with van der Waals surface area (Å²) < 4.78 is 43.7. The average Bonchev–Trinajstić information content (AvgIpc) is 3.06. The number of hydrogen-bond acceptors (Lipinski definition) is 6. The van der Waals surface area contributed by atoms with Gasteiger partial charge in [0.2, 0.25) is 0 Å². The molecule has 3 aliphatic rings. The Kier molecular flexibility index (Phi) is 4.42. The molecule has 0 bridgehead atoms. The number of alkyl halides is 2. The number of piperidine rings is 1. The van der Waals surface area contributed by atoms with Crippen molar-refractivity contribution in [1.29, 1.82) is 5.26 Å². The van der Waals surface area contributed by atoms with E-state index in [-0.39, 0.29) is 42.4 Å². The van der Waals surface area contributed by atoms with E-state index in [2.05, 4.69) is 4.98 Å². The highest BCUT2D eigenvalue weighted by Gasteiger charge is 2.57. The summed E-state index contributed by atoms with van der Waals surface area (Å²) in [5.74, 6) is -5.85. The first-order chi connectivity index (χ1) is 13.5. The molecule has 1 aliphatic carbocycles. The van der Waals surface area contributed by atoms with E-state index in [0.717, 1.165) is 0 Å². The number of rotatable bonds is 5. The Morgan fingerprint density at radius 2 is 1.93 bits per heavy atom. The van der Waals surface area contributed by atoms with E-state index in [9.17, 15) is 23.9 Å². The quantitative estimate of drug-likeness (QED) is 0.765. The molecule has 156 valence electrons. The van der Waals surface area contributed by atoms with Crippen molar-refractivity contribution in [3.8, 4) is 6.07 Å². The summed E-state index contributed by atoms with van der Waals surface area (Å²) in [5.41, 5.74) is -1.51. The second kappa shape index (κ2) is 6.49. The van der Waals surface area contributed by atoms with E-state index >= 15 is 4.39 Å². The highest BCUT2D eigenvalue weighted by Crippen LogP contribution is 2.55. The topological polar surface area (TPSA) is 101 Å². The standard InChI is InChI=1S/C19H21F3N4O3/c1-8-13(27)7-26(8)17-10(4-23)15(19(2,21)22)16(20)18(24-17)25-5-11-9(3-14(28)29)12(11)6-25/h8-9,11-13,27H,3,5-7H2,1-2H3,(H,28,29)/t8-,9?,11-,12+,13+/m0/s1. The number of hydrogen-bond donors (Lipinski definition) is 2. The maximum Gasteiger partial charge on any atom is 0.303 e. The van der Waals surface area contributed by atoms with Crippen molar-refractivity contribution in [3.05, 3.63) is 16.9 Å². The lowest BCUT2D eigenvalue weighted by Crippen LogP contribution is -2.59. The van der Waals surface area contributed by atoms with Crippen molar-refractivity contribution in [2.24, 2.45) is 17.8 Å². The molecule has 1 saturated carbocycles. The van der Waals surface area contributed by atoms with Gasteiger partial charge < -0.3 is 20.0 Å². The molecular weight excluding hydrogens is 389 g/mol. The maximum atomic E-state index is 15.2. The Labute approximate surface area is 165 Å². The van der Waals surface area contributed by atoms with Gasteiger partial charge in [-0.3, -0.25) is 4.79 Å². The summed E-state index contributed by atoms with van der Waals surface area (Å²) in [7, 11) is 0. The predicted octanol–water partition coefficient (Wildman–Crippen LogP) is 1.93. The van der Waals surface area contributed by atoms with Crippen LogP contribution >= 0.6 is 0 Å². The summed E-state index contributed by atoms with van der Waals surface area (Å²) in [6.45, 7) is 3.01. The molecule has 0 spiro atoms. The number of aliphatic carboxylic acids is 1. The third-order valence-electron chi connectivity index (χ3n) is 6.44. The number of halogens is 3. The fraction of sp³-hybridized carbons (Fsp3) is 0.632. The van der Waals surface area contributed by atoms with E-state index in [4.69, 9.17) is 5.11 Å². The van der Waals surface area contributed by atoms with Gasteiger partial charge in [0, 0.05) is 33.0 Å². The zero-order valence-corrected chi connectivity index (χ0v) is 15.9. The molecule has 29 heavy (non-hydrogen) atoms. The number of carboxylic acid groups (broad SMARTS) is 1. The third kappa shape index (κ3) is 3.08. The number of aliphatic hydroxyl groups is 1. The van der Waals surface area contributed by atoms with E-state index < -0.39 is 41.0 Å². The molecule has 2 N–H and O–H groups in total. The first-order valence-electron chi connectivity index (χ1n) is 9.48. The molecule has 0 aromatic carbocycles. The molecular formula is C19H21F3N4O3. The number of aliphatic hydroxyl groups excluding tert-OH is 1. The average molecular weight is 410 g/mol. The number of carbonyl (C=O) groups is 1. The van der Waals surface area contributed by atoms with Crippen LogP contribution in [0, 0.1) is 34.9 Å². The van der Waals surface area contributed by atoms with Gasteiger partial charge in [0.05, 0.1) is 17.7 Å². The van der Waals surface area contributed by atoms with Gasteiger partial charge in [-0.2, -0.15) is 5.26 Å². The Balaban J connectivity index is 1.72. The summed E-state index contributed by atoms with van der Waals surface area (Å²) >= 11 is 0. The maximum absolute atomic E-state index is 15.2. The molecule has 0 radical (unpaired) electrons. The first kappa shape index (κ1) is 19.8. The van der Waals surface area contributed by atoms with E-state index in [1.807, 2.05) is 0 Å². The normalized spacial score (nSPS) is 30.6. The van der Waals surface area contributed by atoms with Crippen LogP contribution in [0.4, 0.5) is 24.8 Å². The molecule has 1 aromatic rings. The third-order valence-corrected chi connectivity index (χ3v) is 6.44. The molecule has 5 atom stereocenters. The molecule has 3 fully saturated rings. The minimum absolute atomic E-state index is 0.0160. The number of fused-ring (bicyclic) bond motifs is 1. The van der Waals surface area contributed by atoms with Gasteiger partial charge in [-0.25, -0.2) is 18.2 Å². The molecule has 10 heteroatoms. The fourth-order valence-corrected chi connectivity index (χ4v) is 4.67. The summed E-state index contributed by atoms with van der Waals surface area (Å²) in [6, 6.07) is 1.24. The molecule has 0 amide bonds. The van der Waals surface area contributed by atoms with Crippen molar-refractivity contribution < 1.29 is 28.2 Å². The SMILES string of the molecule is C[C@H]1[C@H](O)CN1c1nc(N2C[C@@H]3C(CC(=O)O)[C@@H]3C2)c(F)c(C(C)(F)F)c1C#N. The zero-order chi connectivity index (χ0) is 21.2. The Morgan fingerprint density at radius 1 is 1.31 bits per heavy atom. The van der Waals surface area contributed by atoms with E-state index in [1.165, 1.54) is 4.90 Å². The molecule has 7 nitrogen and oxygen atoms in total. The van der Waals surface area contributed by atoms with Gasteiger partial charge in [-0.05, 0) is 24.7 Å².